The molecule has 0 saturated heterocycles. The van der Waals surface area contributed by atoms with Gasteiger partial charge in [-0.3, -0.25) is 8.98 Å². The van der Waals surface area contributed by atoms with Crippen LogP contribution in [0.1, 0.15) is 31.7 Å². The molecule has 0 heterocycles. The van der Waals surface area contributed by atoms with E-state index in [0.29, 0.717) is 44.1 Å². The predicted molar refractivity (Wildman–Crippen MR) is 115 cm³/mol. The predicted octanol–water partition coefficient (Wildman–Crippen LogP) is 3.92. The maximum Gasteiger partial charge on any atom is 0.296 e. The minimum atomic E-state index is -3.75. The molecule has 2 aromatic rings. The Bertz CT molecular complexity index is 879. The van der Waals surface area contributed by atoms with E-state index in [1.165, 1.54) is 12.1 Å². The summed E-state index contributed by atoms with van der Waals surface area (Å²) in [5, 5.41) is 2.80. The van der Waals surface area contributed by atoms with Crippen molar-refractivity contribution in [3.05, 3.63) is 54.1 Å². The summed E-state index contributed by atoms with van der Waals surface area (Å²) in [5.41, 5.74) is 1.66. The molecule has 164 valence electrons. The van der Waals surface area contributed by atoms with Gasteiger partial charge in [0.1, 0.15) is 5.75 Å². The SMILES string of the molecule is CCCOCCC(=O)Nc1ccc(OCCCOS(=O)(=O)c2ccc(C)cc2)cc1. The van der Waals surface area contributed by atoms with E-state index in [1.54, 1.807) is 36.4 Å². The summed E-state index contributed by atoms with van der Waals surface area (Å²) in [4.78, 5) is 12.0. The number of hydrogen-bond acceptors (Lipinski definition) is 6. The lowest BCUT2D eigenvalue weighted by molar-refractivity contribution is -0.117. The van der Waals surface area contributed by atoms with Crippen molar-refractivity contribution in [2.24, 2.45) is 0 Å². The maximum absolute atomic E-state index is 12.1. The highest BCUT2D eigenvalue weighted by atomic mass is 32.2. The molecule has 0 unspecified atom stereocenters. The van der Waals surface area contributed by atoms with Gasteiger partial charge in [-0.1, -0.05) is 24.6 Å². The summed E-state index contributed by atoms with van der Waals surface area (Å²) in [6, 6.07) is 13.5. The molecule has 8 heteroatoms. The summed E-state index contributed by atoms with van der Waals surface area (Å²) in [7, 11) is -3.75. The molecule has 0 atom stereocenters. The van der Waals surface area contributed by atoms with Crippen molar-refractivity contribution < 1.29 is 26.9 Å². The Hall–Kier alpha value is -2.42. The second-order valence-corrected chi connectivity index (χ2v) is 8.34. The Morgan fingerprint density at radius 3 is 2.30 bits per heavy atom. The molecule has 0 aliphatic rings. The fourth-order valence-corrected chi connectivity index (χ4v) is 3.40. The van der Waals surface area contributed by atoms with Crippen LogP contribution in [0.2, 0.25) is 0 Å². The maximum atomic E-state index is 12.1. The van der Waals surface area contributed by atoms with Crippen molar-refractivity contribution in [3.8, 4) is 5.75 Å². The van der Waals surface area contributed by atoms with E-state index in [4.69, 9.17) is 13.7 Å². The van der Waals surface area contributed by atoms with Gasteiger partial charge in [0.05, 0.1) is 31.1 Å². The monoisotopic (exact) mass is 435 g/mol. The summed E-state index contributed by atoms with van der Waals surface area (Å²) in [5.74, 6) is 0.521. The van der Waals surface area contributed by atoms with E-state index in [9.17, 15) is 13.2 Å². The molecule has 30 heavy (non-hydrogen) atoms. The summed E-state index contributed by atoms with van der Waals surface area (Å²) >= 11 is 0. The van der Waals surface area contributed by atoms with Crippen molar-refractivity contribution in [1.82, 2.24) is 0 Å². The van der Waals surface area contributed by atoms with Gasteiger partial charge < -0.3 is 14.8 Å². The summed E-state index contributed by atoms with van der Waals surface area (Å²) in [6.45, 7) is 5.31. The number of carbonyl (C=O) groups excluding carboxylic acids is 1. The van der Waals surface area contributed by atoms with Crippen molar-refractivity contribution >= 4 is 21.7 Å². The number of nitrogens with one attached hydrogen (secondary N) is 1. The molecular formula is C22H29NO6S. The Kier molecular flexibility index (Phi) is 9.79. The third kappa shape index (κ3) is 8.52. The normalized spacial score (nSPS) is 11.3. The van der Waals surface area contributed by atoms with Crippen LogP contribution in [0.15, 0.2) is 53.4 Å². The van der Waals surface area contributed by atoms with Crippen molar-refractivity contribution in [2.45, 2.75) is 38.0 Å². The van der Waals surface area contributed by atoms with Crippen LogP contribution in [-0.2, 0) is 23.8 Å². The standard InChI is InChI=1S/C22H29NO6S/c1-3-14-27-17-13-22(24)23-19-7-9-20(10-8-19)28-15-4-16-29-30(25,26)21-11-5-18(2)6-12-21/h5-12H,3-4,13-17H2,1-2H3,(H,23,24). The molecule has 1 amide bonds. The Balaban J connectivity index is 1.66. The average molecular weight is 436 g/mol. The first-order valence-corrected chi connectivity index (χ1v) is 11.4. The molecule has 0 aromatic heterocycles. The average Bonchev–Trinajstić information content (AvgIpc) is 2.72. The number of aryl methyl sites for hydroxylation is 1. The third-order valence-electron chi connectivity index (χ3n) is 4.07. The zero-order valence-electron chi connectivity index (χ0n) is 17.4. The number of hydrogen-bond donors (Lipinski definition) is 1. The summed E-state index contributed by atoms with van der Waals surface area (Å²) < 4.78 is 40.1. The fourth-order valence-electron chi connectivity index (χ4n) is 2.46. The third-order valence-corrected chi connectivity index (χ3v) is 5.39. The molecule has 0 aliphatic heterocycles. The molecule has 0 fully saturated rings. The van der Waals surface area contributed by atoms with Crippen molar-refractivity contribution in [3.63, 3.8) is 0 Å². The molecule has 0 bridgehead atoms. The van der Waals surface area contributed by atoms with Gasteiger partial charge in [0.2, 0.25) is 5.91 Å². The van der Waals surface area contributed by atoms with Crippen LogP contribution in [0.25, 0.3) is 0 Å². The van der Waals surface area contributed by atoms with Gasteiger partial charge in [-0.25, -0.2) is 0 Å². The number of benzene rings is 2. The highest BCUT2D eigenvalue weighted by Crippen LogP contribution is 2.17. The molecule has 0 radical (unpaired) electrons. The first-order chi connectivity index (χ1) is 14.4. The lowest BCUT2D eigenvalue weighted by Crippen LogP contribution is -2.14. The van der Waals surface area contributed by atoms with E-state index in [1.807, 2.05) is 13.8 Å². The number of amides is 1. The molecule has 0 saturated carbocycles. The van der Waals surface area contributed by atoms with Gasteiger partial charge in [0.15, 0.2) is 0 Å². The molecular weight excluding hydrogens is 406 g/mol. The van der Waals surface area contributed by atoms with Crippen LogP contribution in [0, 0.1) is 6.92 Å². The highest BCUT2D eigenvalue weighted by molar-refractivity contribution is 7.86. The zero-order chi connectivity index (χ0) is 21.8. The minimum Gasteiger partial charge on any atom is -0.494 e. The van der Waals surface area contributed by atoms with E-state index >= 15 is 0 Å². The van der Waals surface area contributed by atoms with Crippen LogP contribution >= 0.6 is 0 Å². The largest absolute Gasteiger partial charge is 0.494 e. The van der Waals surface area contributed by atoms with Crippen LogP contribution in [0.3, 0.4) is 0 Å². The summed E-state index contributed by atoms with van der Waals surface area (Å²) in [6.07, 6.45) is 1.66. The molecule has 2 aromatic carbocycles. The van der Waals surface area contributed by atoms with E-state index < -0.39 is 10.1 Å². The van der Waals surface area contributed by atoms with Crippen LogP contribution < -0.4 is 10.1 Å². The van der Waals surface area contributed by atoms with E-state index in [0.717, 1.165) is 12.0 Å². The molecule has 1 N–H and O–H groups in total. The molecule has 7 nitrogen and oxygen atoms in total. The topological polar surface area (TPSA) is 90.9 Å². The van der Waals surface area contributed by atoms with Gasteiger partial charge >= 0.3 is 0 Å². The van der Waals surface area contributed by atoms with Gasteiger partial charge in [-0.15, -0.1) is 0 Å². The quantitative estimate of drug-likeness (QED) is 0.379. The second kappa shape index (κ2) is 12.3. The van der Waals surface area contributed by atoms with Crippen LogP contribution in [0.5, 0.6) is 5.75 Å². The Morgan fingerprint density at radius 1 is 0.933 bits per heavy atom. The van der Waals surface area contributed by atoms with Gasteiger partial charge in [0.25, 0.3) is 10.1 Å². The number of ether oxygens (including phenoxy) is 2. The first-order valence-electron chi connectivity index (χ1n) is 9.97. The lowest BCUT2D eigenvalue weighted by atomic mass is 10.2. The Morgan fingerprint density at radius 2 is 1.63 bits per heavy atom. The number of rotatable bonds is 13. The lowest BCUT2D eigenvalue weighted by Gasteiger charge is -2.09. The van der Waals surface area contributed by atoms with E-state index in [2.05, 4.69) is 5.32 Å². The van der Waals surface area contributed by atoms with Gasteiger partial charge in [-0.05, 0) is 49.7 Å². The minimum absolute atomic E-state index is 0.0322. The Labute approximate surface area is 178 Å². The second-order valence-electron chi connectivity index (χ2n) is 6.73. The smallest absolute Gasteiger partial charge is 0.296 e. The number of anilines is 1. The van der Waals surface area contributed by atoms with Crippen molar-refractivity contribution in [2.75, 3.05) is 31.7 Å². The van der Waals surface area contributed by atoms with Crippen LogP contribution in [0.4, 0.5) is 5.69 Å². The highest BCUT2D eigenvalue weighted by Gasteiger charge is 2.14. The van der Waals surface area contributed by atoms with E-state index in [-0.39, 0.29) is 17.4 Å². The zero-order valence-corrected chi connectivity index (χ0v) is 18.2. The van der Waals surface area contributed by atoms with Gasteiger partial charge in [0, 0.05) is 18.7 Å². The number of carbonyl (C=O) groups is 1. The molecule has 0 aliphatic carbocycles. The van der Waals surface area contributed by atoms with Gasteiger partial charge in [-0.2, -0.15) is 8.42 Å². The first kappa shape index (κ1) is 23.9. The van der Waals surface area contributed by atoms with Crippen LogP contribution in [-0.4, -0.2) is 40.8 Å². The fraction of sp³-hybridized carbons (Fsp3) is 0.409. The molecule has 0 spiro atoms. The molecule has 2 rings (SSSR count). The van der Waals surface area contributed by atoms with Crippen molar-refractivity contribution in [1.29, 1.82) is 0 Å².